The molecule has 1 aliphatic rings. The van der Waals surface area contributed by atoms with E-state index in [0.29, 0.717) is 31.5 Å². The second kappa shape index (κ2) is 8.00. The highest BCUT2D eigenvalue weighted by atomic mass is 19.1. The Labute approximate surface area is 145 Å². The maximum Gasteiger partial charge on any atom is 0.360 e. The van der Waals surface area contributed by atoms with Crippen LogP contribution in [0.1, 0.15) is 30.3 Å². The molecule has 0 spiro atoms. The Bertz CT molecular complexity index is 719. The maximum absolute atomic E-state index is 13.2. The van der Waals surface area contributed by atoms with Crippen molar-refractivity contribution in [2.45, 2.75) is 19.8 Å². The average Bonchev–Trinajstić information content (AvgIpc) is 3.11. The van der Waals surface area contributed by atoms with Gasteiger partial charge in [-0.25, -0.2) is 9.18 Å². The van der Waals surface area contributed by atoms with E-state index in [9.17, 15) is 9.18 Å². The largest absolute Gasteiger partial charge is 0.493 e. The highest BCUT2D eigenvalue weighted by Gasteiger charge is 2.25. The fourth-order valence-corrected chi connectivity index (χ4v) is 2.85. The molecule has 0 aliphatic carbocycles. The van der Waals surface area contributed by atoms with Crippen LogP contribution >= 0.6 is 0 Å². The van der Waals surface area contributed by atoms with Crippen LogP contribution in [0.3, 0.4) is 0 Å². The third-order valence-corrected chi connectivity index (χ3v) is 4.05. The van der Waals surface area contributed by atoms with Gasteiger partial charge in [0.25, 0.3) is 6.01 Å². The van der Waals surface area contributed by atoms with Crippen molar-refractivity contribution in [3.63, 3.8) is 0 Å². The fourth-order valence-electron chi connectivity index (χ4n) is 2.85. The summed E-state index contributed by atoms with van der Waals surface area (Å²) >= 11 is 0. The first kappa shape index (κ1) is 17.3. The molecule has 1 unspecified atom stereocenters. The summed E-state index contributed by atoms with van der Waals surface area (Å²) in [4.78, 5) is 17.9. The summed E-state index contributed by atoms with van der Waals surface area (Å²) in [5, 5.41) is 0. The van der Waals surface area contributed by atoms with E-state index in [1.165, 1.54) is 18.4 Å². The Kier molecular flexibility index (Phi) is 5.53. The van der Waals surface area contributed by atoms with E-state index in [-0.39, 0.29) is 17.4 Å². The van der Waals surface area contributed by atoms with Gasteiger partial charge in [-0.1, -0.05) is 6.07 Å². The minimum atomic E-state index is -0.486. The van der Waals surface area contributed by atoms with E-state index in [2.05, 4.69) is 4.98 Å². The molecule has 25 heavy (non-hydrogen) atoms. The molecule has 0 amide bonds. The number of rotatable bonds is 6. The van der Waals surface area contributed by atoms with Crippen LogP contribution < -0.4 is 9.64 Å². The van der Waals surface area contributed by atoms with Crippen molar-refractivity contribution in [1.82, 2.24) is 4.98 Å². The number of hydrogen-bond acceptors (Lipinski definition) is 6. The molecule has 0 saturated carbocycles. The van der Waals surface area contributed by atoms with Gasteiger partial charge < -0.3 is 18.8 Å². The van der Waals surface area contributed by atoms with Crippen LogP contribution in [0.4, 0.5) is 10.4 Å². The fraction of sp³-hybridized carbons (Fsp3) is 0.444. The molecule has 3 rings (SSSR count). The molecular weight excluding hydrogens is 327 g/mol. The van der Waals surface area contributed by atoms with Crippen LogP contribution in [0.5, 0.6) is 5.75 Å². The lowest BCUT2D eigenvalue weighted by molar-refractivity contribution is 0.0519. The molecule has 1 aromatic carbocycles. The van der Waals surface area contributed by atoms with Crippen LogP contribution in [0.15, 0.2) is 34.9 Å². The average molecular weight is 348 g/mol. The Morgan fingerprint density at radius 2 is 2.36 bits per heavy atom. The highest BCUT2D eigenvalue weighted by molar-refractivity contribution is 5.87. The maximum atomic E-state index is 13.2. The van der Waals surface area contributed by atoms with Crippen LogP contribution in [0, 0.1) is 11.7 Å². The summed E-state index contributed by atoms with van der Waals surface area (Å²) in [6, 6.07) is 6.54. The summed E-state index contributed by atoms with van der Waals surface area (Å²) < 4.78 is 29.2. The van der Waals surface area contributed by atoms with E-state index in [1.54, 1.807) is 19.1 Å². The van der Waals surface area contributed by atoms with Gasteiger partial charge in [0.1, 0.15) is 17.8 Å². The van der Waals surface area contributed by atoms with Crippen molar-refractivity contribution in [3.8, 4) is 5.75 Å². The number of oxazole rings is 1. The Hall–Kier alpha value is -2.57. The molecule has 7 heteroatoms. The SMILES string of the molecule is CCOC(=O)c1coc(N2CCCC(COc3cccc(F)c3)C2)n1. The van der Waals surface area contributed by atoms with Crippen LogP contribution in [0.25, 0.3) is 0 Å². The zero-order valence-corrected chi connectivity index (χ0v) is 14.1. The summed E-state index contributed by atoms with van der Waals surface area (Å²) in [5.74, 6) is 0.00218. The molecular formula is C18H21FN2O4. The third-order valence-electron chi connectivity index (χ3n) is 4.05. The number of halogens is 1. The van der Waals surface area contributed by atoms with Crippen molar-refractivity contribution in [3.05, 3.63) is 42.0 Å². The van der Waals surface area contributed by atoms with Gasteiger partial charge in [0.15, 0.2) is 5.69 Å². The quantitative estimate of drug-likeness (QED) is 0.747. The van der Waals surface area contributed by atoms with Gasteiger partial charge in [-0.2, -0.15) is 4.98 Å². The number of piperidine rings is 1. The molecule has 1 atom stereocenters. The summed E-state index contributed by atoms with van der Waals surface area (Å²) in [6.07, 6.45) is 3.30. The highest BCUT2D eigenvalue weighted by Crippen LogP contribution is 2.24. The second-order valence-corrected chi connectivity index (χ2v) is 5.96. The van der Waals surface area contributed by atoms with E-state index in [1.807, 2.05) is 4.90 Å². The van der Waals surface area contributed by atoms with Crippen molar-refractivity contribution in [1.29, 1.82) is 0 Å². The number of carbonyl (C=O) groups excluding carboxylic acids is 1. The number of hydrogen-bond donors (Lipinski definition) is 0. The minimum absolute atomic E-state index is 0.176. The van der Waals surface area contributed by atoms with E-state index in [4.69, 9.17) is 13.9 Å². The number of benzene rings is 1. The Morgan fingerprint density at radius 1 is 1.48 bits per heavy atom. The number of carbonyl (C=O) groups is 1. The van der Waals surface area contributed by atoms with E-state index >= 15 is 0 Å². The third kappa shape index (κ3) is 4.49. The summed E-state index contributed by atoms with van der Waals surface area (Å²) in [6.45, 7) is 4.04. The summed E-state index contributed by atoms with van der Waals surface area (Å²) in [7, 11) is 0. The predicted molar refractivity (Wildman–Crippen MR) is 89.3 cm³/mol. The number of nitrogens with zero attached hydrogens (tertiary/aromatic N) is 2. The van der Waals surface area contributed by atoms with Crippen molar-refractivity contribution >= 4 is 12.0 Å². The predicted octanol–water partition coefficient (Wildman–Crippen LogP) is 3.29. The van der Waals surface area contributed by atoms with Crippen LogP contribution in [-0.2, 0) is 4.74 Å². The first-order valence-corrected chi connectivity index (χ1v) is 8.41. The molecule has 0 radical (unpaired) electrons. The number of aromatic nitrogens is 1. The van der Waals surface area contributed by atoms with Crippen molar-refractivity contribution < 1.29 is 23.1 Å². The molecule has 1 fully saturated rings. The van der Waals surface area contributed by atoms with Crippen molar-refractivity contribution in [2.75, 3.05) is 31.2 Å². The van der Waals surface area contributed by atoms with Gasteiger partial charge in [0.05, 0.1) is 13.2 Å². The van der Waals surface area contributed by atoms with Crippen LogP contribution in [-0.4, -0.2) is 37.3 Å². The van der Waals surface area contributed by atoms with E-state index in [0.717, 1.165) is 19.4 Å². The lowest BCUT2D eigenvalue weighted by atomic mass is 9.99. The van der Waals surface area contributed by atoms with Crippen molar-refractivity contribution in [2.24, 2.45) is 5.92 Å². The Balaban J connectivity index is 1.56. The van der Waals surface area contributed by atoms with Gasteiger partial charge in [0, 0.05) is 25.1 Å². The first-order chi connectivity index (χ1) is 12.2. The lowest BCUT2D eigenvalue weighted by Gasteiger charge is -2.31. The van der Waals surface area contributed by atoms with E-state index < -0.39 is 5.97 Å². The molecule has 2 aromatic rings. The zero-order valence-electron chi connectivity index (χ0n) is 14.1. The molecule has 0 bridgehead atoms. The monoisotopic (exact) mass is 348 g/mol. The van der Waals surface area contributed by atoms with Gasteiger partial charge >= 0.3 is 5.97 Å². The van der Waals surface area contributed by atoms with Crippen LogP contribution in [0.2, 0.25) is 0 Å². The zero-order chi connectivity index (χ0) is 17.6. The minimum Gasteiger partial charge on any atom is -0.493 e. The topological polar surface area (TPSA) is 64.8 Å². The number of ether oxygens (including phenoxy) is 2. The molecule has 0 N–H and O–H groups in total. The standard InChI is InChI=1S/C18H21FN2O4/c1-2-23-17(22)16-12-25-18(20-16)21-8-4-5-13(10-21)11-24-15-7-3-6-14(19)9-15/h3,6-7,9,12-13H,2,4-5,8,10-11H2,1H3. The van der Waals surface area contributed by atoms with Gasteiger partial charge in [-0.15, -0.1) is 0 Å². The van der Waals surface area contributed by atoms with Gasteiger partial charge in [0.2, 0.25) is 0 Å². The number of esters is 1. The Morgan fingerprint density at radius 3 is 3.16 bits per heavy atom. The molecule has 1 aromatic heterocycles. The molecule has 6 nitrogen and oxygen atoms in total. The smallest absolute Gasteiger partial charge is 0.360 e. The molecule has 1 saturated heterocycles. The lowest BCUT2D eigenvalue weighted by Crippen LogP contribution is -2.38. The molecule has 2 heterocycles. The number of anilines is 1. The molecule has 1 aliphatic heterocycles. The second-order valence-electron chi connectivity index (χ2n) is 5.96. The molecule has 134 valence electrons. The normalized spacial score (nSPS) is 17.4. The first-order valence-electron chi connectivity index (χ1n) is 8.41. The summed E-state index contributed by atoms with van der Waals surface area (Å²) in [5.41, 5.74) is 0.176. The van der Waals surface area contributed by atoms with Gasteiger partial charge in [-0.05, 0) is 31.9 Å². The van der Waals surface area contributed by atoms with Gasteiger partial charge in [-0.3, -0.25) is 0 Å².